The molecule has 1 heterocycles. The lowest BCUT2D eigenvalue weighted by Gasteiger charge is -2.12. The average molecular weight is 201 g/mol. The molecule has 1 aromatic carbocycles. The van der Waals surface area contributed by atoms with Crippen molar-refractivity contribution in [3.05, 3.63) is 47.8 Å². The van der Waals surface area contributed by atoms with Gasteiger partial charge in [-0.1, -0.05) is 30.3 Å². The first-order chi connectivity index (χ1) is 7.25. The summed E-state index contributed by atoms with van der Waals surface area (Å²) in [6.45, 7) is 4.11. The SMILES string of the molecule is Cc1cnc(NC(C)c2ccccc2)[nH]1. The first kappa shape index (κ1) is 9.77. The van der Waals surface area contributed by atoms with Gasteiger partial charge in [0.25, 0.3) is 0 Å². The van der Waals surface area contributed by atoms with Gasteiger partial charge in [-0.2, -0.15) is 0 Å². The van der Waals surface area contributed by atoms with Gasteiger partial charge in [0, 0.05) is 11.9 Å². The highest BCUT2D eigenvalue weighted by Gasteiger charge is 2.05. The monoisotopic (exact) mass is 201 g/mol. The van der Waals surface area contributed by atoms with Crippen LogP contribution in [0.5, 0.6) is 0 Å². The third kappa shape index (κ3) is 2.37. The standard InChI is InChI=1S/C12H15N3/c1-9-8-13-12(14-9)15-10(2)11-6-4-3-5-7-11/h3-8,10H,1-2H3,(H2,13,14,15). The van der Waals surface area contributed by atoms with E-state index >= 15 is 0 Å². The molecule has 0 saturated carbocycles. The summed E-state index contributed by atoms with van der Waals surface area (Å²) < 4.78 is 0. The van der Waals surface area contributed by atoms with E-state index in [9.17, 15) is 0 Å². The Balaban J connectivity index is 2.07. The molecule has 2 N–H and O–H groups in total. The summed E-state index contributed by atoms with van der Waals surface area (Å²) in [6, 6.07) is 10.6. The Kier molecular flexibility index (Phi) is 2.72. The Morgan fingerprint density at radius 1 is 1.27 bits per heavy atom. The van der Waals surface area contributed by atoms with Gasteiger partial charge in [0.15, 0.2) is 0 Å². The van der Waals surface area contributed by atoms with Crippen LogP contribution in [0.1, 0.15) is 24.2 Å². The number of aromatic amines is 1. The van der Waals surface area contributed by atoms with Gasteiger partial charge >= 0.3 is 0 Å². The van der Waals surface area contributed by atoms with E-state index in [0.717, 1.165) is 11.6 Å². The predicted molar refractivity (Wildman–Crippen MR) is 61.8 cm³/mol. The van der Waals surface area contributed by atoms with E-state index in [1.807, 2.05) is 31.3 Å². The molecule has 0 saturated heterocycles. The van der Waals surface area contributed by atoms with Crippen LogP contribution in [0.2, 0.25) is 0 Å². The number of benzene rings is 1. The third-order valence-electron chi connectivity index (χ3n) is 2.36. The van der Waals surface area contributed by atoms with Gasteiger partial charge in [-0.3, -0.25) is 0 Å². The second-order valence-corrected chi connectivity index (χ2v) is 3.69. The average Bonchev–Trinajstić information content (AvgIpc) is 2.65. The molecule has 0 aliphatic rings. The fourth-order valence-corrected chi connectivity index (χ4v) is 1.52. The molecular formula is C12H15N3. The van der Waals surface area contributed by atoms with Crippen LogP contribution in [0.3, 0.4) is 0 Å². The fourth-order valence-electron chi connectivity index (χ4n) is 1.52. The summed E-state index contributed by atoms with van der Waals surface area (Å²) in [5, 5.41) is 3.31. The topological polar surface area (TPSA) is 40.7 Å². The molecule has 0 aliphatic heterocycles. The molecule has 15 heavy (non-hydrogen) atoms. The molecule has 0 spiro atoms. The highest BCUT2D eigenvalue weighted by atomic mass is 15.1. The molecule has 0 amide bonds. The molecule has 2 aromatic rings. The number of hydrogen-bond acceptors (Lipinski definition) is 2. The van der Waals surface area contributed by atoms with Gasteiger partial charge < -0.3 is 10.3 Å². The maximum Gasteiger partial charge on any atom is 0.200 e. The van der Waals surface area contributed by atoms with Crippen molar-refractivity contribution in [1.82, 2.24) is 9.97 Å². The quantitative estimate of drug-likeness (QED) is 0.801. The minimum atomic E-state index is 0.261. The molecule has 2 rings (SSSR count). The van der Waals surface area contributed by atoms with E-state index in [2.05, 4.69) is 34.3 Å². The lowest BCUT2D eigenvalue weighted by Crippen LogP contribution is -2.07. The Hall–Kier alpha value is -1.77. The summed E-state index contributed by atoms with van der Waals surface area (Å²) in [5.41, 5.74) is 2.32. The molecule has 0 aliphatic carbocycles. The first-order valence-electron chi connectivity index (χ1n) is 5.09. The van der Waals surface area contributed by atoms with E-state index in [0.29, 0.717) is 0 Å². The largest absolute Gasteiger partial charge is 0.349 e. The third-order valence-corrected chi connectivity index (χ3v) is 2.36. The van der Waals surface area contributed by atoms with Crippen molar-refractivity contribution in [2.24, 2.45) is 0 Å². The van der Waals surface area contributed by atoms with Crippen LogP contribution in [0, 0.1) is 6.92 Å². The lowest BCUT2D eigenvalue weighted by atomic mass is 10.1. The second kappa shape index (κ2) is 4.17. The molecule has 1 aromatic heterocycles. The van der Waals surface area contributed by atoms with Gasteiger partial charge in [-0.05, 0) is 19.4 Å². The Morgan fingerprint density at radius 3 is 2.60 bits per heavy atom. The van der Waals surface area contributed by atoms with Crippen LogP contribution in [0.4, 0.5) is 5.95 Å². The summed E-state index contributed by atoms with van der Waals surface area (Å²) in [5.74, 6) is 0.823. The van der Waals surface area contributed by atoms with Crippen molar-refractivity contribution in [3.8, 4) is 0 Å². The zero-order valence-corrected chi connectivity index (χ0v) is 8.99. The molecule has 1 atom stereocenters. The van der Waals surface area contributed by atoms with Crippen molar-refractivity contribution in [3.63, 3.8) is 0 Å². The maximum atomic E-state index is 4.21. The van der Waals surface area contributed by atoms with Gasteiger partial charge in [0.05, 0.1) is 6.04 Å². The van der Waals surface area contributed by atoms with Crippen LogP contribution in [0.15, 0.2) is 36.5 Å². The number of imidazole rings is 1. The van der Waals surface area contributed by atoms with Crippen LogP contribution >= 0.6 is 0 Å². The normalized spacial score (nSPS) is 12.4. The van der Waals surface area contributed by atoms with Gasteiger partial charge in [0.1, 0.15) is 0 Å². The number of anilines is 1. The molecule has 0 bridgehead atoms. The molecule has 0 radical (unpaired) electrons. The van der Waals surface area contributed by atoms with E-state index < -0.39 is 0 Å². The predicted octanol–water partition coefficient (Wildman–Crippen LogP) is 2.89. The van der Waals surface area contributed by atoms with Crippen molar-refractivity contribution >= 4 is 5.95 Å². The summed E-state index contributed by atoms with van der Waals surface area (Å²) in [6.07, 6.45) is 1.82. The van der Waals surface area contributed by atoms with Crippen molar-refractivity contribution in [2.45, 2.75) is 19.9 Å². The first-order valence-corrected chi connectivity index (χ1v) is 5.09. The summed E-state index contributed by atoms with van der Waals surface area (Å²) >= 11 is 0. The number of H-pyrrole nitrogens is 1. The van der Waals surface area contributed by atoms with Crippen molar-refractivity contribution in [2.75, 3.05) is 5.32 Å². The van der Waals surface area contributed by atoms with Crippen LogP contribution in [-0.4, -0.2) is 9.97 Å². The van der Waals surface area contributed by atoms with E-state index in [1.54, 1.807) is 0 Å². The minimum Gasteiger partial charge on any atom is -0.349 e. The molecule has 3 nitrogen and oxygen atoms in total. The Labute approximate surface area is 89.6 Å². The number of aromatic nitrogens is 2. The van der Waals surface area contributed by atoms with Crippen LogP contribution < -0.4 is 5.32 Å². The highest BCUT2D eigenvalue weighted by Crippen LogP contribution is 2.16. The van der Waals surface area contributed by atoms with Gasteiger partial charge in [0.2, 0.25) is 5.95 Å². The number of aryl methyl sites for hydroxylation is 1. The molecule has 0 fully saturated rings. The Bertz CT molecular complexity index is 419. The molecular weight excluding hydrogens is 186 g/mol. The Morgan fingerprint density at radius 2 is 2.00 bits per heavy atom. The number of rotatable bonds is 3. The van der Waals surface area contributed by atoms with Crippen LogP contribution in [-0.2, 0) is 0 Å². The highest BCUT2D eigenvalue weighted by molar-refractivity contribution is 5.32. The zero-order valence-electron chi connectivity index (χ0n) is 8.99. The van der Waals surface area contributed by atoms with E-state index in [4.69, 9.17) is 0 Å². The van der Waals surface area contributed by atoms with E-state index in [-0.39, 0.29) is 6.04 Å². The summed E-state index contributed by atoms with van der Waals surface area (Å²) in [4.78, 5) is 7.37. The maximum absolute atomic E-state index is 4.21. The van der Waals surface area contributed by atoms with Crippen molar-refractivity contribution in [1.29, 1.82) is 0 Å². The number of nitrogens with zero attached hydrogens (tertiary/aromatic N) is 1. The smallest absolute Gasteiger partial charge is 0.200 e. The van der Waals surface area contributed by atoms with Crippen molar-refractivity contribution < 1.29 is 0 Å². The zero-order chi connectivity index (χ0) is 10.7. The number of hydrogen-bond donors (Lipinski definition) is 2. The summed E-state index contributed by atoms with van der Waals surface area (Å²) in [7, 11) is 0. The molecule has 3 heteroatoms. The van der Waals surface area contributed by atoms with E-state index in [1.165, 1.54) is 5.56 Å². The van der Waals surface area contributed by atoms with Gasteiger partial charge in [-0.15, -0.1) is 0 Å². The molecule has 78 valence electrons. The fraction of sp³-hybridized carbons (Fsp3) is 0.250. The lowest BCUT2D eigenvalue weighted by molar-refractivity contribution is 0.867. The van der Waals surface area contributed by atoms with Gasteiger partial charge in [-0.25, -0.2) is 4.98 Å². The molecule has 1 unspecified atom stereocenters. The number of nitrogens with one attached hydrogen (secondary N) is 2. The minimum absolute atomic E-state index is 0.261. The van der Waals surface area contributed by atoms with Crippen LogP contribution in [0.25, 0.3) is 0 Å². The second-order valence-electron chi connectivity index (χ2n) is 3.69.